The summed E-state index contributed by atoms with van der Waals surface area (Å²) in [5.41, 5.74) is 5.24. The third-order valence-corrected chi connectivity index (χ3v) is 8.92. The number of nitrogens with zero attached hydrogens (tertiary/aromatic N) is 5. The Hall–Kier alpha value is -4.76. The summed E-state index contributed by atoms with van der Waals surface area (Å²) in [6, 6.07) is 16.6. The van der Waals surface area contributed by atoms with Gasteiger partial charge in [0.2, 0.25) is 0 Å². The Labute approximate surface area is 255 Å². The van der Waals surface area contributed by atoms with E-state index in [0.29, 0.717) is 23.0 Å². The number of rotatable bonds is 7. The van der Waals surface area contributed by atoms with Crippen LogP contribution in [-0.2, 0) is 14.1 Å². The van der Waals surface area contributed by atoms with E-state index in [2.05, 4.69) is 27.1 Å². The van der Waals surface area contributed by atoms with Gasteiger partial charge in [-0.2, -0.15) is 0 Å². The lowest BCUT2D eigenvalue weighted by Crippen LogP contribution is -2.44. The summed E-state index contributed by atoms with van der Waals surface area (Å²) in [5, 5.41) is 3.93. The fourth-order valence-electron chi connectivity index (χ4n) is 6.09. The van der Waals surface area contributed by atoms with E-state index in [9.17, 15) is 9.59 Å². The molecule has 0 unspecified atom stereocenters. The highest BCUT2D eigenvalue weighted by atomic mass is 19.1. The second-order valence-electron chi connectivity index (χ2n) is 12.1. The standard InChI is InChI=1S/C35H35FN6O2/c1-39-12-14-42(15-13-39)26-8-11-33(37-19-26)38-31-18-25(20-41(3)35(31)44)23-7-10-32-28(16-23)29(21-40(32)2)34(43)27-9-6-24(17-30(27)36)22-4-5-22/h6-11,16-22H,4-5,12-15H2,1-3H3,(H,37,38). The number of aromatic nitrogens is 3. The van der Waals surface area contributed by atoms with Gasteiger partial charge in [-0.3, -0.25) is 9.59 Å². The molecule has 4 heterocycles. The first-order chi connectivity index (χ1) is 21.2. The van der Waals surface area contributed by atoms with Gasteiger partial charge >= 0.3 is 0 Å². The largest absolute Gasteiger partial charge is 0.368 e. The molecule has 224 valence electrons. The Balaban J connectivity index is 1.18. The molecule has 3 aromatic heterocycles. The summed E-state index contributed by atoms with van der Waals surface area (Å²) < 4.78 is 18.5. The van der Waals surface area contributed by atoms with E-state index in [1.807, 2.05) is 54.2 Å². The highest BCUT2D eigenvalue weighted by Crippen LogP contribution is 2.40. The van der Waals surface area contributed by atoms with E-state index in [4.69, 9.17) is 0 Å². The molecule has 0 bridgehead atoms. The number of hydrogen-bond acceptors (Lipinski definition) is 6. The molecule has 1 aliphatic heterocycles. The lowest BCUT2D eigenvalue weighted by atomic mass is 9.98. The minimum atomic E-state index is -0.480. The molecule has 8 nitrogen and oxygen atoms in total. The molecular formula is C35H35FN6O2. The molecule has 5 aromatic rings. The fourth-order valence-corrected chi connectivity index (χ4v) is 6.09. The summed E-state index contributed by atoms with van der Waals surface area (Å²) in [4.78, 5) is 35.9. The molecule has 44 heavy (non-hydrogen) atoms. The number of piperazine rings is 1. The predicted octanol–water partition coefficient (Wildman–Crippen LogP) is 5.68. The molecule has 0 spiro atoms. The number of carbonyl (C=O) groups excluding carboxylic acids is 1. The zero-order chi connectivity index (χ0) is 30.5. The summed E-state index contributed by atoms with van der Waals surface area (Å²) >= 11 is 0. The Kier molecular flexibility index (Phi) is 7.05. The van der Waals surface area contributed by atoms with E-state index in [1.165, 1.54) is 10.6 Å². The third kappa shape index (κ3) is 5.28. The van der Waals surface area contributed by atoms with Gasteiger partial charge in [0.1, 0.15) is 17.3 Å². The number of anilines is 3. The van der Waals surface area contributed by atoms with Crippen molar-refractivity contribution in [1.82, 2.24) is 19.0 Å². The van der Waals surface area contributed by atoms with E-state index in [0.717, 1.165) is 72.3 Å². The molecule has 1 aliphatic carbocycles. The molecule has 0 amide bonds. The van der Waals surface area contributed by atoms with Crippen LogP contribution in [0.4, 0.5) is 21.6 Å². The summed E-state index contributed by atoms with van der Waals surface area (Å²) in [7, 11) is 5.72. The van der Waals surface area contributed by atoms with Crippen LogP contribution in [0.3, 0.4) is 0 Å². The number of carbonyl (C=O) groups is 1. The lowest BCUT2D eigenvalue weighted by molar-refractivity contribution is 0.103. The number of nitrogens with one attached hydrogen (secondary N) is 1. The van der Waals surface area contributed by atoms with Crippen molar-refractivity contribution in [3.8, 4) is 11.1 Å². The quantitative estimate of drug-likeness (QED) is 0.246. The van der Waals surface area contributed by atoms with Crippen LogP contribution in [0.1, 0.15) is 40.2 Å². The topological polar surface area (TPSA) is 75.4 Å². The minimum absolute atomic E-state index is 0.0760. The molecule has 7 rings (SSSR count). The molecule has 9 heteroatoms. The Morgan fingerprint density at radius 3 is 2.36 bits per heavy atom. The van der Waals surface area contributed by atoms with Crippen molar-refractivity contribution in [3.05, 3.63) is 106 Å². The number of likely N-dealkylation sites (N-methyl/N-ethyl adjacent to an activating group) is 1. The SMILES string of the molecule is CN1CCN(c2ccc(Nc3cc(-c4ccc5c(c4)c(C(=O)c4ccc(C6CC6)cc4F)cn5C)cn(C)c3=O)nc2)CC1. The van der Waals surface area contributed by atoms with Gasteiger partial charge in [-0.25, -0.2) is 9.37 Å². The van der Waals surface area contributed by atoms with Gasteiger partial charge < -0.3 is 24.3 Å². The number of pyridine rings is 2. The molecule has 1 saturated heterocycles. The van der Waals surface area contributed by atoms with Crippen LogP contribution in [0.5, 0.6) is 0 Å². The Bertz CT molecular complexity index is 1950. The third-order valence-electron chi connectivity index (χ3n) is 8.92. The molecular weight excluding hydrogens is 555 g/mol. The molecule has 2 aliphatic rings. The summed E-state index contributed by atoms with van der Waals surface area (Å²) in [6.07, 6.45) is 7.52. The van der Waals surface area contributed by atoms with Crippen LogP contribution in [0, 0.1) is 5.82 Å². The molecule has 2 fully saturated rings. The summed E-state index contributed by atoms with van der Waals surface area (Å²) in [5.74, 6) is 0.165. The van der Waals surface area contributed by atoms with Crippen LogP contribution in [0.15, 0.2) is 78.0 Å². The number of aryl methyl sites for hydroxylation is 2. The number of ketones is 1. The van der Waals surface area contributed by atoms with E-state index < -0.39 is 5.82 Å². The van der Waals surface area contributed by atoms with Gasteiger partial charge in [-0.15, -0.1) is 0 Å². The molecule has 2 aromatic carbocycles. The fraction of sp³-hybridized carbons (Fsp3) is 0.286. The molecule has 0 radical (unpaired) electrons. The maximum absolute atomic E-state index is 15.1. The minimum Gasteiger partial charge on any atom is -0.368 e. The zero-order valence-electron chi connectivity index (χ0n) is 25.2. The number of fused-ring (bicyclic) bond motifs is 1. The first kappa shape index (κ1) is 28.0. The Morgan fingerprint density at radius 2 is 1.66 bits per heavy atom. The number of hydrogen-bond donors (Lipinski definition) is 1. The number of benzene rings is 2. The predicted molar refractivity (Wildman–Crippen MR) is 173 cm³/mol. The van der Waals surface area contributed by atoms with E-state index >= 15 is 4.39 Å². The van der Waals surface area contributed by atoms with Crippen molar-refractivity contribution in [3.63, 3.8) is 0 Å². The van der Waals surface area contributed by atoms with Crippen LogP contribution < -0.4 is 15.8 Å². The highest BCUT2D eigenvalue weighted by molar-refractivity contribution is 6.17. The average molecular weight is 591 g/mol. The van der Waals surface area contributed by atoms with Gasteiger partial charge in [0.05, 0.1) is 17.4 Å². The second kappa shape index (κ2) is 11.1. The van der Waals surface area contributed by atoms with Gasteiger partial charge in [-0.1, -0.05) is 12.1 Å². The second-order valence-corrected chi connectivity index (χ2v) is 12.1. The van der Waals surface area contributed by atoms with Gasteiger partial charge in [0.25, 0.3) is 5.56 Å². The van der Waals surface area contributed by atoms with Crippen LogP contribution in [0.25, 0.3) is 22.0 Å². The van der Waals surface area contributed by atoms with Crippen molar-refractivity contribution in [1.29, 1.82) is 0 Å². The Morgan fingerprint density at radius 1 is 0.864 bits per heavy atom. The molecule has 1 saturated carbocycles. The summed E-state index contributed by atoms with van der Waals surface area (Å²) in [6.45, 7) is 3.93. The van der Waals surface area contributed by atoms with Crippen LogP contribution in [-0.4, -0.2) is 58.0 Å². The first-order valence-electron chi connectivity index (χ1n) is 15.1. The maximum Gasteiger partial charge on any atom is 0.274 e. The van der Waals surface area contributed by atoms with E-state index in [-0.39, 0.29) is 16.9 Å². The van der Waals surface area contributed by atoms with Crippen LogP contribution >= 0.6 is 0 Å². The smallest absolute Gasteiger partial charge is 0.274 e. The van der Waals surface area contributed by atoms with Gasteiger partial charge in [0.15, 0.2) is 5.78 Å². The normalized spacial score (nSPS) is 15.6. The zero-order valence-corrected chi connectivity index (χ0v) is 25.2. The first-order valence-corrected chi connectivity index (χ1v) is 15.1. The van der Waals surface area contributed by atoms with Crippen molar-refractivity contribution in [2.45, 2.75) is 18.8 Å². The van der Waals surface area contributed by atoms with Crippen molar-refractivity contribution in [2.75, 3.05) is 43.4 Å². The lowest BCUT2D eigenvalue weighted by Gasteiger charge is -2.33. The monoisotopic (exact) mass is 590 g/mol. The number of halogens is 1. The molecule has 1 N–H and O–H groups in total. The van der Waals surface area contributed by atoms with Crippen molar-refractivity contribution >= 4 is 33.9 Å². The molecule has 0 atom stereocenters. The van der Waals surface area contributed by atoms with E-state index in [1.54, 1.807) is 31.6 Å². The average Bonchev–Trinajstić information content (AvgIpc) is 3.83. The highest BCUT2D eigenvalue weighted by Gasteiger charge is 2.26. The maximum atomic E-state index is 15.1. The van der Waals surface area contributed by atoms with Gasteiger partial charge in [-0.05, 0) is 79.4 Å². The van der Waals surface area contributed by atoms with Crippen LogP contribution in [0.2, 0.25) is 0 Å². The van der Waals surface area contributed by atoms with Gasteiger partial charge in [0, 0.05) is 74.7 Å². The van der Waals surface area contributed by atoms with Crippen molar-refractivity contribution in [2.24, 2.45) is 14.1 Å². The van der Waals surface area contributed by atoms with Crippen molar-refractivity contribution < 1.29 is 9.18 Å².